The third-order valence-electron chi connectivity index (χ3n) is 4.42. The summed E-state index contributed by atoms with van der Waals surface area (Å²) in [6, 6.07) is 9.80. The van der Waals surface area contributed by atoms with E-state index in [0.717, 1.165) is 11.8 Å². The van der Waals surface area contributed by atoms with Crippen molar-refractivity contribution in [2.45, 2.75) is 65.0 Å². The molecule has 1 aromatic rings. The fourth-order valence-corrected chi connectivity index (χ4v) is 3.97. The van der Waals surface area contributed by atoms with Gasteiger partial charge in [-0.15, -0.1) is 0 Å². The number of benzene rings is 1. The molecule has 2 heteroatoms. The smallest absolute Gasteiger partial charge is 0.0294 e. The number of halogens is 1. The zero-order chi connectivity index (χ0) is 14.5. The Morgan fingerprint density at radius 1 is 1.25 bits per heavy atom. The Balaban J connectivity index is 1.89. The van der Waals surface area contributed by atoms with Gasteiger partial charge in [-0.25, -0.2) is 0 Å². The van der Waals surface area contributed by atoms with E-state index < -0.39 is 0 Å². The molecule has 20 heavy (non-hydrogen) atoms. The molecule has 1 fully saturated rings. The van der Waals surface area contributed by atoms with Crippen LogP contribution in [0, 0.1) is 11.8 Å². The lowest BCUT2D eigenvalue weighted by atomic mass is 9.81. The SMILES string of the molecule is CC(C)CC1CCCC(N[C@@H](C)c2cccc(Br)c2)C1. The van der Waals surface area contributed by atoms with Crippen molar-refractivity contribution in [1.29, 1.82) is 0 Å². The summed E-state index contributed by atoms with van der Waals surface area (Å²) >= 11 is 3.56. The molecule has 1 aliphatic carbocycles. The van der Waals surface area contributed by atoms with Gasteiger partial charge in [0, 0.05) is 16.6 Å². The normalized spacial score (nSPS) is 24.9. The van der Waals surface area contributed by atoms with E-state index in [-0.39, 0.29) is 0 Å². The van der Waals surface area contributed by atoms with E-state index in [1.807, 2.05) is 0 Å². The van der Waals surface area contributed by atoms with Gasteiger partial charge in [-0.2, -0.15) is 0 Å². The highest BCUT2D eigenvalue weighted by molar-refractivity contribution is 9.10. The van der Waals surface area contributed by atoms with Crippen LogP contribution in [0.3, 0.4) is 0 Å². The van der Waals surface area contributed by atoms with Crippen LogP contribution in [0.15, 0.2) is 28.7 Å². The van der Waals surface area contributed by atoms with Gasteiger partial charge in [0.15, 0.2) is 0 Å². The maximum absolute atomic E-state index is 3.84. The molecule has 2 rings (SSSR count). The van der Waals surface area contributed by atoms with Gasteiger partial charge in [-0.05, 0) is 55.7 Å². The van der Waals surface area contributed by atoms with Crippen molar-refractivity contribution >= 4 is 15.9 Å². The van der Waals surface area contributed by atoms with E-state index in [9.17, 15) is 0 Å². The maximum Gasteiger partial charge on any atom is 0.0294 e. The van der Waals surface area contributed by atoms with E-state index in [1.165, 1.54) is 42.1 Å². The summed E-state index contributed by atoms with van der Waals surface area (Å²) in [6.45, 7) is 6.98. The summed E-state index contributed by atoms with van der Waals surface area (Å²) in [5, 5.41) is 3.84. The van der Waals surface area contributed by atoms with Crippen LogP contribution < -0.4 is 5.32 Å². The van der Waals surface area contributed by atoms with E-state index in [0.29, 0.717) is 12.1 Å². The molecule has 2 unspecified atom stereocenters. The highest BCUT2D eigenvalue weighted by Gasteiger charge is 2.23. The maximum atomic E-state index is 3.84. The molecule has 112 valence electrons. The lowest BCUT2D eigenvalue weighted by Crippen LogP contribution is -2.36. The van der Waals surface area contributed by atoms with Gasteiger partial charge in [-0.3, -0.25) is 0 Å². The minimum Gasteiger partial charge on any atom is -0.307 e. The Bertz CT molecular complexity index is 416. The summed E-state index contributed by atoms with van der Waals surface area (Å²) in [5.41, 5.74) is 1.38. The Hall–Kier alpha value is -0.340. The Morgan fingerprint density at radius 3 is 2.75 bits per heavy atom. The molecule has 0 heterocycles. The van der Waals surface area contributed by atoms with E-state index >= 15 is 0 Å². The molecule has 0 radical (unpaired) electrons. The number of rotatable bonds is 5. The van der Waals surface area contributed by atoms with Crippen LogP contribution in [0.4, 0.5) is 0 Å². The van der Waals surface area contributed by atoms with Gasteiger partial charge in [-0.1, -0.05) is 54.8 Å². The summed E-state index contributed by atoms with van der Waals surface area (Å²) in [4.78, 5) is 0. The first-order chi connectivity index (χ1) is 9.54. The average Bonchev–Trinajstić information content (AvgIpc) is 2.38. The van der Waals surface area contributed by atoms with Crippen LogP contribution in [0.25, 0.3) is 0 Å². The molecule has 1 nitrogen and oxygen atoms in total. The molecular weight excluding hydrogens is 310 g/mol. The zero-order valence-corrected chi connectivity index (χ0v) is 14.6. The highest BCUT2D eigenvalue weighted by Crippen LogP contribution is 2.30. The second kappa shape index (κ2) is 7.61. The molecule has 0 aliphatic heterocycles. The molecule has 0 bridgehead atoms. The third-order valence-corrected chi connectivity index (χ3v) is 4.92. The summed E-state index contributed by atoms with van der Waals surface area (Å²) in [6.07, 6.45) is 6.91. The minimum atomic E-state index is 0.440. The van der Waals surface area contributed by atoms with Crippen molar-refractivity contribution in [1.82, 2.24) is 5.32 Å². The number of hydrogen-bond donors (Lipinski definition) is 1. The largest absolute Gasteiger partial charge is 0.307 e. The molecule has 1 saturated carbocycles. The van der Waals surface area contributed by atoms with E-state index in [4.69, 9.17) is 0 Å². The second-order valence-electron chi connectivity index (χ2n) is 6.80. The molecule has 3 atom stereocenters. The summed E-state index contributed by atoms with van der Waals surface area (Å²) < 4.78 is 1.17. The molecule has 0 spiro atoms. The molecule has 1 aliphatic rings. The fourth-order valence-electron chi connectivity index (χ4n) is 3.55. The van der Waals surface area contributed by atoms with Gasteiger partial charge >= 0.3 is 0 Å². The average molecular weight is 338 g/mol. The second-order valence-corrected chi connectivity index (χ2v) is 7.72. The quantitative estimate of drug-likeness (QED) is 0.726. The standard InChI is InChI=1S/C18H28BrN/c1-13(2)10-15-6-4-9-18(11-15)20-14(3)16-7-5-8-17(19)12-16/h5,7-8,12-15,18,20H,4,6,9-11H2,1-3H3/t14-,15?,18?/m0/s1. The molecule has 0 saturated heterocycles. The Morgan fingerprint density at radius 2 is 2.05 bits per heavy atom. The van der Waals surface area contributed by atoms with Crippen LogP contribution in [0.2, 0.25) is 0 Å². The number of hydrogen-bond acceptors (Lipinski definition) is 1. The van der Waals surface area contributed by atoms with Crippen molar-refractivity contribution < 1.29 is 0 Å². The first-order valence-electron chi connectivity index (χ1n) is 8.06. The Kier molecular flexibility index (Phi) is 6.10. The van der Waals surface area contributed by atoms with Crippen molar-refractivity contribution in [3.8, 4) is 0 Å². The highest BCUT2D eigenvalue weighted by atomic mass is 79.9. The zero-order valence-electron chi connectivity index (χ0n) is 13.0. The molecular formula is C18H28BrN. The van der Waals surface area contributed by atoms with Crippen molar-refractivity contribution in [3.63, 3.8) is 0 Å². The van der Waals surface area contributed by atoms with Crippen LogP contribution in [0.1, 0.15) is 64.5 Å². The third kappa shape index (κ3) is 4.89. The van der Waals surface area contributed by atoms with Gasteiger partial charge in [0.25, 0.3) is 0 Å². The van der Waals surface area contributed by atoms with Crippen LogP contribution in [0.5, 0.6) is 0 Å². The predicted molar refractivity (Wildman–Crippen MR) is 90.9 cm³/mol. The summed E-state index contributed by atoms with van der Waals surface area (Å²) in [5.74, 6) is 1.76. The fraction of sp³-hybridized carbons (Fsp3) is 0.667. The van der Waals surface area contributed by atoms with Gasteiger partial charge in [0.1, 0.15) is 0 Å². The van der Waals surface area contributed by atoms with Crippen LogP contribution >= 0.6 is 15.9 Å². The van der Waals surface area contributed by atoms with E-state index in [1.54, 1.807) is 0 Å². The van der Waals surface area contributed by atoms with Gasteiger partial charge in [0.05, 0.1) is 0 Å². The predicted octanol–water partition coefficient (Wildman–Crippen LogP) is 5.70. The minimum absolute atomic E-state index is 0.440. The lowest BCUT2D eigenvalue weighted by molar-refractivity contribution is 0.242. The first kappa shape index (κ1) is 16.0. The molecule has 1 N–H and O–H groups in total. The number of nitrogens with one attached hydrogen (secondary N) is 1. The topological polar surface area (TPSA) is 12.0 Å². The van der Waals surface area contributed by atoms with Crippen LogP contribution in [-0.4, -0.2) is 6.04 Å². The monoisotopic (exact) mass is 337 g/mol. The van der Waals surface area contributed by atoms with Crippen molar-refractivity contribution in [2.24, 2.45) is 11.8 Å². The summed E-state index contributed by atoms with van der Waals surface area (Å²) in [7, 11) is 0. The molecule has 0 aromatic heterocycles. The Labute approximate surface area is 132 Å². The van der Waals surface area contributed by atoms with Gasteiger partial charge in [0.2, 0.25) is 0 Å². The first-order valence-corrected chi connectivity index (χ1v) is 8.85. The van der Waals surface area contributed by atoms with Crippen molar-refractivity contribution in [2.75, 3.05) is 0 Å². The van der Waals surface area contributed by atoms with Gasteiger partial charge < -0.3 is 5.32 Å². The van der Waals surface area contributed by atoms with E-state index in [2.05, 4.69) is 66.3 Å². The molecule has 0 amide bonds. The lowest BCUT2D eigenvalue weighted by Gasteiger charge is -2.33. The van der Waals surface area contributed by atoms with Crippen molar-refractivity contribution in [3.05, 3.63) is 34.3 Å². The van der Waals surface area contributed by atoms with Crippen LogP contribution in [-0.2, 0) is 0 Å². The molecule has 1 aromatic carbocycles.